The summed E-state index contributed by atoms with van der Waals surface area (Å²) < 4.78 is 1.03. The van der Waals surface area contributed by atoms with Gasteiger partial charge in [0.2, 0.25) is 0 Å². The normalized spacial score (nSPS) is 10.2. The van der Waals surface area contributed by atoms with Gasteiger partial charge in [-0.1, -0.05) is 0 Å². The quantitative estimate of drug-likeness (QED) is 0.474. The van der Waals surface area contributed by atoms with Gasteiger partial charge in [0, 0.05) is 0 Å². The van der Waals surface area contributed by atoms with E-state index < -0.39 is 0 Å². The van der Waals surface area contributed by atoms with Gasteiger partial charge in [-0.2, -0.15) is 0 Å². The van der Waals surface area contributed by atoms with Crippen LogP contribution in [0.25, 0.3) is 0 Å². The molecule has 0 saturated carbocycles. The minimum absolute atomic E-state index is 1.03. The zero-order valence-corrected chi connectivity index (χ0v) is 15.8. The minimum atomic E-state index is 1.03. The first-order valence-corrected chi connectivity index (χ1v) is 11.1. The third-order valence-electron chi connectivity index (χ3n) is 3.03. The molecule has 2 aromatic carbocycles. The van der Waals surface area contributed by atoms with Crippen LogP contribution >= 0.6 is 21.5 Å². The van der Waals surface area contributed by atoms with Crippen molar-refractivity contribution < 1.29 is 16.6 Å². The molecule has 2 aromatic rings. The zero-order valence-electron chi connectivity index (χ0n) is 11.1. The molecular weight excluding hydrogens is 324 g/mol. The zero-order chi connectivity index (χ0) is 13.8. The van der Waals surface area contributed by atoms with Crippen molar-refractivity contribution in [3.63, 3.8) is 0 Å². The van der Waals surface area contributed by atoms with Crippen LogP contribution in [0, 0.1) is 13.8 Å². The van der Waals surface area contributed by atoms with Crippen LogP contribution in [0.15, 0.2) is 48.5 Å². The molecule has 0 saturated heterocycles. The van der Waals surface area contributed by atoms with Crippen molar-refractivity contribution >= 4 is 37.2 Å². The van der Waals surface area contributed by atoms with E-state index in [1.807, 2.05) is 0 Å². The first-order chi connectivity index (χ1) is 9.15. The number of benzene rings is 2. The second-order valence-electron chi connectivity index (χ2n) is 4.34. The molecule has 0 aliphatic heterocycles. The number of para-hydroxylation sites is 2. The van der Waals surface area contributed by atoms with E-state index in [9.17, 15) is 0 Å². The van der Waals surface area contributed by atoms with Gasteiger partial charge in [-0.25, -0.2) is 0 Å². The van der Waals surface area contributed by atoms with Crippen LogP contribution in [-0.2, 0) is 16.6 Å². The molecule has 0 aliphatic rings. The standard InChI is InChI=1S/C15H15NS2.Zn/c1-11-7-3-5-9-13(11)16(15(17)18)14-10-6-4-8-12(14)2;/h3-10H,1-2H3,(H,17,18);. The fraction of sp³-hybridized carbons (Fsp3) is 0.133. The molecular formula is C15H15NS2Zn. The van der Waals surface area contributed by atoms with E-state index >= 15 is 0 Å². The molecule has 0 unspecified atom stereocenters. The molecule has 0 bridgehead atoms. The molecule has 0 atom stereocenters. The molecule has 0 fully saturated rings. The van der Waals surface area contributed by atoms with Crippen molar-refractivity contribution in [1.29, 1.82) is 0 Å². The predicted molar refractivity (Wildman–Crippen MR) is 86.1 cm³/mol. The Balaban J connectivity index is 2.65. The second-order valence-corrected chi connectivity index (χ2v) is 7.55. The van der Waals surface area contributed by atoms with Gasteiger partial charge in [0.05, 0.1) is 0 Å². The summed E-state index contributed by atoms with van der Waals surface area (Å²) in [6.07, 6.45) is 0. The van der Waals surface area contributed by atoms with E-state index in [0.717, 1.165) is 20.9 Å². The van der Waals surface area contributed by atoms with Crippen LogP contribution in [0.3, 0.4) is 0 Å². The molecule has 0 heterocycles. The Morgan fingerprint density at radius 3 is 1.74 bits per heavy atom. The van der Waals surface area contributed by atoms with Crippen molar-refractivity contribution in [3.8, 4) is 0 Å². The number of hydrogen-bond acceptors (Lipinski definition) is 0. The van der Waals surface area contributed by atoms with Crippen molar-refractivity contribution in [2.24, 2.45) is 0 Å². The average Bonchev–Trinajstić information content (AvgIpc) is 2.43. The van der Waals surface area contributed by atoms with Gasteiger partial charge in [0.15, 0.2) is 0 Å². The molecule has 2 rings (SSSR count). The SMILES string of the molecule is Cc1ccccc1N(C(S)=[S]=[Zn])c1ccccc1C. The molecule has 19 heavy (non-hydrogen) atoms. The number of anilines is 2. The molecule has 0 N–H and O–H groups in total. The van der Waals surface area contributed by atoms with Crippen LogP contribution in [0.1, 0.15) is 11.1 Å². The fourth-order valence-electron chi connectivity index (χ4n) is 2.03. The molecule has 0 amide bonds. The van der Waals surface area contributed by atoms with Crippen LogP contribution in [0.5, 0.6) is 0 Å². The van der Waals surface area contributed by atoms with Gasteiger partial charge in [0.1, 0.15) is 0 Å². The van der Waals surface area contributed by atoms with Crippen molar-refractivity contribution in [2.75, 3.05) is 4.90 Å². The summed E-state index contributed by atoms with van der Waals surface area (Å²) in [6.45, 7) is 4.27. The van der Waals surface area contributed by atoms with E-state index in [4.69, 9.17) is 0 Å². The predicted octanol–water partition coefficient (Wildman–Crippen LogP) is 4.65. The Bertz CT molecular complexity index is 603. The summed E-state index contributed by atoms with van der Waals surface area (Å²) in [5.74, 6) is 0. The molecule has 0 aromatic heterocycles. The Labute approximate surface area is 131 Å². The van der Waals surface area contributed by atoms with Gasteiger partial charge >= 0.3 is 132 Å². The van der Waals surface area contributed by atoms with Crippen LogP contribution in [0.2, 0.25) is 0 Å². The summed E-state index contributed by atoms with van der Waals surface area (Å²) >= 11 is 5.81. The van der Waals surface area contributed by atoms with E-state index in [1.54, 1.807) is 8.84 Å². The van der Waals surface area contributed by atoms with E-state index in [-0.39, 0.29) is 0 Å². The van der Waals surface area contributed by atoms with Gasteiger partial charge in [-0.05, 0) is 0 Å². The average molecular weight is 339 g/mol. The van der Waals surface area contributed by atoms with Gasteiger partial charge in [-0.15, -0.1) is 0 Å². The number of nitrogens with zero attached hydrogens (tertiary/aromatic N) is 1. The summed E-state index contributed by atoms with van der Waals surface area (Å²) in [6, 6.07) is 16.9. The maximum atomic E-state index is 4.68. The molecule has 94 valence electrons. The van der Waals surface area contributed by atoms with Gasteiger partial charge in [0.25, 0.3) is 0 Å². The van der Waals surface area contributed by atoms with Gasteiger partial charge in [-0.3, -0.25) is 0 Å². The fourth-order valence-corrected chi connectivity index (χ4v) is 3.38. The van der Waals surface area contributed by atoms with Crippen molar-refractivity contribution in [3.05, 3.63) is 59.7 Å². The number of hydrogen-bond donors (Lipinski definition) is 1. The maximum absolute atomic E-state index is 4.68. The molecule has 4 heteroatoms. The monoisotopic (exact) mass is 337 g/mol. The van der Waals surface area contributed by atoms with Crippen LogP contribution in [-0.4, -0.2) is 4.32 Å². The van der Waals surface area contributed by atoms with E-state index in [0.29, 0.717) is 0 Å². The van der Waals surface area contributed by atoms with Crippen LogP contribution in [0.4, 0.5) is 11.4 Å². The Hall–Kier alpha value is -0.697. The van der Waals surface area contributed by atoms with Gasteiger partial charge < -0.3 is 0 Å². The third-order valence-corrected chi connectivity index (χ3v) is 7.31. The van der Waals surface area contributed by atoms with E-state index in [1.165, 1.54) is 22.5 Å². The van der Waals surface area contributed by atoms with E-state index in [2.05, 4.69) is 79.9 Å². The second kappa shape index (κ2) is 6.65. The number of aryl methyl sites for hydroxylation is 2. The van der Waals surface area contributed by atoms with Crippen LogP contribution < -0.4 is 4.90 Å². The molecule has 0 spiro atoms. The summed E-state index contributed by atoms with van der Waals surface area (Å²) in [7, 11) is 1.77. The number of rotatable bonds is 2. The number of thiol groups is 1. The Morgan fingerprint density at radius 1 is 0.947 bits per heavy atom. The Kier molecular flexibility index (Phi) is 5.15. The topological polar surface area (TPSA) is 3.24 Å². The summed E-state index contributed by atoms with van der Waals surface area (Å²) in [4.78, 5) is 2.24. The summed E-state index contributed by atoms with van der Waals surface area (Å²) in [5, 5.41) is 0. The summed E-state index contributed by atoms with van der Waals surface area (Å²) in [5.41, 5.74) is 4.91. The van der Waals surface area contributed by atoms with Crippen molar-refractivity contribution in [2.45, 2.75) is 13.8 Å². The third kappa shape index (κ3) is 3.25. The first-order valence-electron chi connectivity index (χ1n) is 6.04. The molecule has 1 nitrogen and oxygen atoms in total. The Morgan fingerprint density at radius 2 is 1.37 bits per heavy atom. The molecule has 0 aliphatic carbocycles. The van der Waals surface area contributed by atoms with Crippen molar-refractivity contribution in [1.82, 2.24) is 0 Å². The molecule has 0 radical (unpaired) electrons. The first kappa shape index (κ1) is 14.7.